The van der Waals surface area contributed by atoms with Crippen LogP contribution in [0.4, 0.5) is 16.0 Å². The molecule has 1 aliphatic heterocycles. The molecule has 30 heavy (non-hydrogen) atoms. The lowest BCUT2D eigenvalue weighted by Gasteiger charge is -2.27. The van der Waals surface area contributed by atoms with Crippen LogP contribution in [0.25, 0.3) is 5.69 Å². The molecule has 0 spiro atoms. The number of hydrogen-bond donors (Lipinski definition) is 2. The quantitative estimate of drug-likeness (QED) is 0.641. The minimum atomic E-state index is -0.955. The van der Waals surface area contributed by atoms with E-state index in [0.29, 0.717) is 36.7 Å². The van der Waals surface area contributed by atoms with Gasteiger partial charge in [0.2, 0.25) is 0 Å². The van der Waals surface area contributed by atoms with E-state index in [4.69, 9.17) is 4.74 Å². The average Bonchev–Trinajstić information content (AvgIpc) is 2.76. The Hall–Kier alpha value is -3.86. The molecule has 1 aliphatic rings. The molecule has 11 heteroatoms. The van der Waals surface area contributed by atoms with Crippen LogP contribution in [0, 0.1) is 5.82 Å². The van der Waals surface area contributed by atoms with Gasteiger partial charge in [-0.05, 0) is 12.1 Å². The zero-order valence-electron chi connectivity index (χ0n) is 15.7. The Balaban J connectivity index is 1.63. The van der Waals surface area contributed by atoms with Crippen LogP contribution < -0.4 is 21.5 Å². The molecular formula is C19H17FN6O4. The molecule has 0 saturated carbocycles. The number of benzene rings is 1. The summed E-state index contributed by atoms with van der Waals surface area (Å²) in [5, 5.41) is 2.51. The lowest BCUT2D eigenvalue weighted by Crippen LogP contribution is -2.38. The van der Waals surface area contributed by atoms with Crippen LogP contribution in [0.3, 0.4) is 0 Å². The zero-order chi connectivity index (χ0) is 21.1. The summed E-state index contributed by atoms with van der Waals surface area (Å²) in [6.45, 7) is 2.44. The SMILES string of the molecule is O=C(Nc1cc(N2CCOCC2)ncn1)c1c[nH]c(=O)n(-c2ccccc2F)c1=O. The fraction of sp³-hybridized carbons (Fsp3) is 0.211. The Kier molecular flexibility index (Phi) is 5.35. The van der Waals surface area contributed by atoms with Crippen molar-refractivity contribution in [2.75, 3.05) is 36.5 Å². The number of carbonyl (C=O) groups is 1. The Morgan fingerprint density at radius 1 is 1.17 bits per heavy atom. The minimum absolute atomic E-state index is 0.180. The number of aromatic nitrogens is 4. The monoisotopic (exact) mass is 412 g/mol. The summed E-state index contributed by atoms with van der Waals surface area (Å²) in [5.41, 5.74) is -2.44. The summed E-state index contributed by atoms with van der Waals surface area (Å²) in [6, 6.07) is 6.86. The number of amides is 1. The maximum Gasteiger partial charge on any atom is 0.333 e. The summed E-state index contributed by atoms with van der Waals surface area (Å²) in [5.74, 6) is -0.782. The van der Waals surface area contributed by atoms with E-state index in [9.17, 15) is 18.8 Å². The van der Waals surface area contributed by atoms with Crippen molar-refractivity contribution >= 4 is 17.5 Å². The second kappa shape index (κ2) is 8.25. The van der Waals surface area contributed by atoms with Crippen LogP contribution in [0.5, 0.6) is 0 Å². The number of anilines is 2. The highest BCUT2D eigenvalue weighted by molar-refractivity contribution is 6.03. The smallest absolute Gasteiger partial charge is 0.333 e. The molecule has 0 radical (unpaired) electrons. The lowest BCUT2D eigenvalue weighted by molar-refractivity contribution is 0.102. The molecule has 1 saturated heterocycles. The van der Waals surface area contributed by atoms with E-state index < -0.39 is 23.0 Å². The van der Waals surface area contributed by atoms with Gasteiger partial charge in [0.1, 0.15) is 29.3 Å². The average molecular weight is 412 g/mol. The molecule has 1 aromatic carbocycles. The zero-order valence-corrected chi connectivity index (χ0v) is 15.7. The van der Waals surface area contributed by atoms with E-state index >= 15 is 0 Å². The number of nitrogens with zero attached hydrogens (tertiary/aromatic N) is 4. The number of halogens is 1. The molecule has 0 bridgehead atoms. The first-order valence-corrected chi connectivity index (χ1v) is 9.10. The topological polar surface area (TPSA) is 122 Å². The van der Waals surface area contributed by atoms with Gasteiger partial charge < -0.3 is 19.9 Å². The van der Waals surface area contributed by atoms with Crippen molar-refractivity contribution in [3.63, 3.8) is 0 Å². The van der Waals surface area contributed by atoms with Crippen LogP contribution >= 0.6 is 0 Å². The van der Waals surface area contributed by atoms with Crippen molar-refractivity contribution in [3.8, 4) is 5.69 Å². The predicted molar refractivity (Wildman–Crippen MR) is 106 cm³/mol. The Bertz CT molecular complexity index is 1200. The summed E-state index contributed by atoms with van der Waals surface area (Å²) in [4.78, 5) is 50.0. The molecule has 2 N–H and O–H groups in total. The second-order valence-corrected chi connectivity index (χ2v) is 6.41. The molecular weight excluding hydrogens is 395 g/mol. The maximum absolute atomic E-state index is 14.1. The van der Waals surface area contributed by atoms with Crippen LogP contribution in [0.15, 0.2) is 52.4 Å². The van der Waals surface area contributed by atoms with Crippen LogP contribution in [0.2, 0.25) is 0 Å². The molecule has 1 fully saturated rings. The van der Waals surface area contributed by atoms with E-state index in [2.05, 4.69) is 20.3 Å². The standard InChI is InChI=1S/C19H17FN6O4/c20-13-3-1-2-4-14(13)26-18(28)12(10-21-19(26)29)17(27)24-15-9-16(23-11-22-15)25-5-7-30-8-6-25/h1-4,9-11H,5-8H2,(H,21,29)(H,22,23,24,27). The minimum Gasteiger partial charge on any atom is -0.378 e. The van der Waals surface area contributed by atoms with Gasteiger partial charge in [-0.3, -0.25) is 9.59 Å². The fourth-order valence-corrected chi connectivity index (χ4v) is 3.05. The van der Waals surface area contributed by atoms with Gasteiger partial charge in [0.05, 0.1) is 18.9 Å². The summed E-state index contributed by atoms with van der Waals surface area (Å²) < 4.78 is 20.0. The van der Waals surface area contributed by atoms with Crippen molar-refractivity contribution < 1.29 is 13.9 Å². The Labute approximate surface area is 169 Å². The molecule has 1 amide bonds. The van der Waals surface area contributed by atoms with E-state index in [0.717, 1.165) is 12.3 Å². The first kappa shape index (κ1) is 19.5. The van der Waals surface area contributed by atoms with Crippen molar-refractivity contribution in [1.29, 1.82) is 0 Å². The number of aromatic amines is 1. The molecule has 154 valence electrons. The number of para-hydroxylation sites is 1. The van der Waals surface area contributed by atoms with E-state index in [1.165, 1.54) is 24.5 Å². The third-order valence-electron chi connectivity index (χ3n) is 4.54. The van der Waals surface area contributed by atoms with Gasteiger partial charge in [-0.2, -0.15) is 0 Å². The normalized spacial score (nSPS) is 13.8. The fourth-order valence-electron chi connectivity index (χ4n) is 3.05. The van der Waals surface area contributed by atoms with Gasteiger partial charge in [-0.1, -0.05) is 12.1 Å². The highest BCUT2D eigenvalue weighted by atomic mass is 19.1. The van der Waals surface area contributed by atoms with Gasteiger partial charge in [0.25, 0.3) is 11.5 Å². The molecule has 0 aliphatic carbocycles. The summed E-state index contributed by atoms with van der Waals surface area (Å²) in [6.07, 6.45) is 2.28. The van der Waals surface area contributed by atoms with Gasteiger partial charge in [-0.25, -0.2) is 23.7 Å². The number of rotatable bonds is 4. The van der Waals surface area contributed by atoms with Crippen LogP contribution in [-0.4, -0.2) is 51.7 Å². The van der Waals surface area contributed by atoms with Gasteiger partial charge >= 0.3 is 5.69 Å². The number of morpholine rings is 1. The van der Waals surface area contributed by atoms with Gasteiger partial charge in [0.15, 0.2) is 0 Å². The molecule has 3 heterocycles. The predicted octanol–water partition coefficient (Wildman–Crippen LogP) is 0.544. The van der Waals surface area contributed by atoms with E-state index in [1.807, 2.05) is 4.90 Å². The Morgan fingerprint density at radius 2 is 1.93 bits per heavy atom. The molecule has 4 rings (SSSR count). The number of ether oxygens (including phenoxy) is 1. The van der Waals surface area contributed by atoms with E-state index in [-0.39, 0.29) is 17.1 Å². The summed E-state index contributed by atoms with van der Waals surface area (Å²) >= 11 is 0. The maximum atomic E-state index is 14.1. The molecule has 3 aromatic rings. The number of nitrogens with one attached hydrogen (secondary N) is 2. The third kappa shape index (κ3) is 3.82. The first-order valence-electron chi connectivity index (χ1n) is 9.10. The highest BCUT2D eigenvalue weighted by Gasteiger charge is 2.19. The lowest BCUT2D eigenvalue weighted by atomic mass is 10.2. The third-order valence-corrected chi connectivity index (χ3v) is 4.54. The van der Waals surface area contributed by atoms with Gasteiger partial charge in [-0.15, -0.1) is 0 Å². The number of carbonyl (C=O) groups excluding carboxylic acids is 1. The Morgan fingerprint density at radius 3 is 2.70 bits per heavy atom. The van der Waals surface area contributed by atoms with Gasteiger partial charge in [0, 0.05) is 25.4 Å². The molecule has 0 atom stereocenters. The molecule has 2 aromatic heterocycles. The highest BCUT2D eigenvalue weighted by Crippen LogP contribution is 2.16. The first-order chi connectivity index (χ1) is 14.5. The number of H-pyrrole nitrogens is 1. The van der Waals surface area contributed by atoms with E-state index in [1.54, 1.807) is 6.07 Å². The second-order valence-electron chi connectivity index (χ2n) is 6.41. The van der Waals surface area contributed by atoms with Crippen molar-refractivity contribution in [2.24, 2.45) is 0 Å². The van der Waals surface area contributed by atoms with Crippen molar-refractivity contribution in [2.45, 2.75) is 0 Å². The largest absolute Gasteiger partial charge is 0.378 e. The van der Waals surface area contributed by atoms with Crippen molar-refractivity contribution in [3.05, 3.63) is 75.1 Å². The molecule has 10 nitrogen and oxygen atoms in total. The molecule has 0 unspecified atom stereocenters. The van der Waals surface area contributed by atoms with Crippen molar-refractivity contribution in [1.82, 2.24) is 19.5 Å². The van der Waals surface area contributed by atoms with Crippen LogP contribution in [-0.2, 0) is 4.74 Å². The summed E-state index contributed by atoms with van der Waals surface area (Å²) in [7, 11) is 0. The number of hydrogen-bond acceptors (Lipinski definition) is 7. The van der Waals surface area contributed by atoms with Crippen LogP contribution in [0.1, 0.15) is 10.4 Å².